The van der Waals surface area contributed by atoms with Crippen molar-refractivity contribution in [1.82, 2.24) is 5.32 Å². The number of nitrogens with one attached hydrogen (secondary N) is 1. The molecule has 88 heavy (non-hydrogen) atoms. The first-order valence-corrected chi connectivity index (χ1v) is 38.2. The molecule has 0 aromatic heterocycles. The predicted octanol–water partition coefficient (Wildman–Crippen LogP) is 21.5. The molecule has 1 aliphatic heterocycles. The zero-order valence-electron chi connectivity index (χ0n) is 57.7. The van der Waals surface area contributed by atoms with Gasteiger partial charge in [-0.3, -0.25) is 4.79 Å². The van der Waals surface area contributed by atoms with Crippen molar-refractivity contribution in [3.8, 4) is 0 Å². The topological polar surface area (TPSA) is 149 Å². The Morgan fingerprint density at radius 3 is 1.05 bits per heavy atom. The molecule has 7 atom stereocenters. The summed E-state index contributed by atoms with van der Waals surface area (Å²) in [5, 5.41) is 54.9. The van der Waals surface area contributed by atoms with Gasteiger partial charge in [-0.1, -0.05) is 369 Å². The lowest BCUT2D eigenvalue weighted by atomic mass is 9.99. The van der Waals surface area contributed by atoms with Crippen molar-refractivity contribution in [2.75, 3.05) is 13.2 Å². The van der Waals surface area contributed by atoms with Gasteiger partial charge in [-0.05, 0) is 64.2 Å². The summed E-state index contributed by atoms with van der Waals surface area (Å²) in [6.07, 6.45) is 88.9. The molecule has 7 unspecified atom stereocenters. The number of allylic oxidation sites excluding steroid dienone is 11. The number of rotatable bonds is 67. The number of hydrogen-bond acceptors (Lipinski definition) is 8. The maximum Gasteiger partial charge on any atom is 0.220 e. The Bertz CT molecular complexity index is 1620. The molecule has 6 N–H and O–H groups in total. The Morgan fingerprint density at radius 2 is 0.705 bits per heavy atom. The molecule has 0 radical (unpaired) electrons. The van der Waals surface area contributed by atoms with Crippen LogP contribution >= 0.6 is 0 Å². The van der Waals surface area contributed by atoms with E-state index < -0.39 is 49.5 Å². The van der Waals surface area contributed by atoms with E-state index in [1.807, 2.05) is 6.08 Å². The summed E-state index contributed by atoms with van der Waals surface area (Å²) in [6, 6.07) is -0.807. The first-order valence-electron chi connectivity index (χ1n) is 38.2. The predicted molar refractivity (Wildman–Crippen MR) is 378 cm³/mol. The number of aliphatic hydroxyl groups excluding tert-OH is 5. The van der Waals surface area contributed by atoms with Gasteiger partial charge in [-0.2, -0.15) is 0 Å². The monoisotopic (exact) mass is 1240 g/mol. The Labute approximate surface area is 544 Å². The number of hydrogen-bond donors (Lipinski definition) is 6. The van der Waals surface area contributed by atoms with Gasteiger partial charge in [0.05, 0.1) is 25.4 Å². The molecule has 0 spiro atoms. The zero-order chi connectivity index (χ0) is 63.5. The van der Waals surface area contributed by atoms with Crippen LogP contribution in [0.4, 0.5) is 0 Å². The first-order chi connectivity index (χ1) is 43.3. The molecule has 1 heterocycles. The summed E-state index contributed by atoms with van der Waals surface area (Å²) >= 11 is 0. The van der Waals surface area contributed by atoms with Gasteiger partial charge in [0.15, 0.2) is 6.29 Å². The molecule has 1 fully saturated rings. The number of amides is 1. The highest BCUT2D eigenvalue weighted by Crippen LogP contribution is 2.24. The van der Waals surface area contributed by atoms with Crippen LogP contribution in [0.15, 0.2) is 72.9 Å². The first kappa shape index (κ1) is 83.6. The smallest absolute Gasteiger partial charge is 0.220 e. The van der Waals surface area contributed by atoms with E-state index in [-0.39, 0.29) is 12.5 Å². The van der Waals surface area contributed by atoms with Gasteiger partial charge >= 0.3 is 0 Å². The third kappa shape index (κ3) is 55.3. The maximum atomic E-state index is 13.2. The number of unbranched alkanes of at least 4 members (excludes halogenated alkanes) is 47. The van der Waals surface area contributed by atoms with Crippen molar-refractivity contribution < 1.29 is 39.8 Å². The number of carbonyl (C=O) groups excluding carboxylic acids is 1. The van der Waals surface area contributed by atoms with E-state index in [2.05, 4.69) is 79.9 Å². The molecular formula is C79H145NO8. The molecule has 1 saturated heterocycles. The van der Waals surface area contributed by atoms with Crippen LogP contribution in [0, 0.1) is 0 Å². The summed E-state index contributed by atoms with van der Waals surface area (Å²) < 4.78 is 11.3. The summed E-state index contributed by atoms with van der Waals surface area (Å²) in [5.41, 5.74) is 0. The van der Waals surface area contributed by atoms with Gasteiger partial charge in [0, 0.05) is 6.42 Å². The van der Waals surface area contributed by atoms with Crippen LogP contribution in [-0.2, 0) is 14.3 Å². The Kier molecular flexibility index (Phi) is 64.2. The van der Waals surface area contributed by atoms with E-state index in [0.29, 0.717) is 6.42 Å². The highest BCUT2D eigenvalue weighted by atomic mass is 16.7. The van der Waals surface area contributed by atoms with Gasteiger partial charge in [0.2, 0.25) is 5.91 Å². The second-order valence-corrected chi connectivity index (χ2v) is 26.4. The Morgan fingerprint density at radius 1 is 0.398 bits per heavy atom. The summed E-state index contributed by atoms with van der Waals surface area (Å²) in [6.45, 7) is 3.72. The number of ether oxygens (including phenoxy) is 2. The van der Waals surface area contributed by atoms with Crippen molar-refractivity contribution in [3.63, 3.8) is 0 Å². The minimum atomic E-state index is -1.57. The van der Waals surface area contributed by atoms with Crippen LogP contribution in [0.3, 0.4) is 0 Å². The minimum Gasteiger partial charge on any atom is -0.394 e. The van der Waals surface area contributed by atoms with Crippen LogP contribution in [0.5, 0.6) is 0 Å². The van der Waals surface area contributed by atoms with Crippen LogP contribution in [0.25, 0.3) is 0 Å². The average molecular weight is 1240 g/mol. The average Bonchev–Trinajstić information content (AvgIpc) is 3.65. The summed E-state index contributed by atoms with van der Waals surface area (Å²) in [7, 11) is 0. The van der Waals surface area contributed by atoms with E-state index in [1.165, 1.54) is 276 Å². The molecule has 9 nitrogen and oxygen atoms in total. The fourth-order valence-corrected chi connectivity index (χ4v) is 12.1. The Balaban J connectivity index is 2.07. The summed E-state index contributed by atoms with van der Waals surface area (Å²) in [5.74, 6) is -0.170. The molecule has 1 aliphatic rings. The summed E-state index contributed by atoms with van der Waals surface area (Å²) in [4.78, 5) is 13.2. The SMILES string of the molecule is CC/C=C\C/C=C\C/C=C\C/C=C\C/C=C\CCCCCCCCCCCCCCCCCCCCCCCCCC(=O)NC(COC1OC(CO)C(O)C(O)C1O)C(O)/C=C/CCCCCCCCCCCCCCCCCCCCCCCCCC. The lowest BCUT2D eigenvalue weighted by Gasteiger charge is -2.40. The largest absolute Gasteiger partial charge is 0.394 e. The molecule has 0 bridgehead atoms. The van der Waals surface area contributed by atoms with Crippen molar-refractivity contribution >= 4 is 5.91 Å². The highest BCUT2D eigenvalue weighted by Gasteiger charge is 2.44. The second kappa shape index (κ2) is 67.5. The highest BCUT2D eigenvalue weighted by molar-refractivity contribution is 5.76. The second-order valence-electron chi connectivity index (χ2n) is 26.4. The van der Waals surface area contributed by atoms with Crippen LogP contribution in [-0.4, -0.2) is 87.5 Å². The molecule has 1 amide bonds. The standard InChI is InChI=1S/C79H145NO8/c1-3-5-7-9-11-13-15-17-19-21-23-25-27-29-31-32-33-34-35-36-37-38-39-40-41-42-43-45-47-49-51-53-55-57-59-61-63-65-67-69-75(83)80-72(71-87-79-78(86)77(85)76(84)74(70-81)88-79)73(82)68-66-64-62-60-58-56-54-52-50-48-46-44-30-28-26-24-22-20-18-16-14-12-10-8-6-4-2/h5,7,11,13,17,19,23,25,29,31,66,68,72-74,76-79,81-82,84-86H,3-4,6,8-10,12,14-16,18,20-22,24,26-28,30,32-65,67,69-71H2,1-2H3,(H,80,83)/b7-5-,13-11-,19-17-,25-23-,31-29-,68-66+. The normalized spacial score (nSPS) is 18.3. The molecule has 0 aromatic rings. The van der Waals surface area contributed by atoms with Crippen LogP contribution in [0.1, 0.15) is 367 Å². The maximum absolute atomic E-state index is 13.2. The van der Waals surface area contributed by atoms with E-state index >= 15 is 0 Å². The molecule has 514 valence electrons. The van der Waals surface area contributed by atoms with Crippen LogP contribution < -0.4 is 5.32 Å². The van der Waals surface area contributed by atoms with Gasteiger partial charge in [-0.25, -0.2) is 0 Å². The van der Waals surface area contributed by atoms with E-state index in [4.69, 9.17) is 9.47 Å². The third-order valence-electron chi connectivity index (χ3n) is 18.0. The lowest BCUT2D eigenvalue weighted by Crippen LogP contribution is -2.60. The van der Waals surface area contributed by atoms with Crippen molar-refractivity contribution in [2.45, 2.75) is 410 Å². The number of carbonyl (C=O) groups is 1. The van der Waals surface area contributed by atoms with Crippen molar-refractivity contribution in [3.05, 3.63) is 72.9 Å². The molecule has 0 aliphatic carbocycles. The van der Waals surface area contributed by atoms with Gasteiger partial charge in [-0.15, -0.1) is 0 Å². The van der Waals surface area contributed by atoms with Crippen molar-refractivity contribution in [2.24, 2.45) is 0 Å². The van der Waals surface area contributed by atoms with Gasteiger partial charge in [0.1, 0.15) is 24.4 Å². The fourth-order valence-electron chi connectivity index (χ4n) is 12.1. The lowest BCUT2D eigenvalue weighted by molar-refractivity contribution is -0.302. The zero-order valence-corrected chi connectivity index (χ0v) is 57.7. The molecular weight excluding hydrogens is 1090 g/mol. The van der Waals surface area contributed by atoms with Gasteiger partial charge in [0.25, 0.3) is 0 Å². The third-order valence-corrected chi connectivity index (χ3v) is 18.0. The molecule has 0 aromatic carbocycles. The molecule has 0 saturated carbocycles. The van der Waals surface area contributed by atoms with Crippen molar-refractivity contribution in [1.29, 1.82) is 0 Å². The minimum absolute atomic E-state index is 0.170. The van der Waals surface area contributed by atoms with E-state index in [9.17, 15) is 30.3 Å². The van der Waals surface area contributed by atoms with E-state index in [1.54, 1.807) is 6.08 Å². The molecule has 1 rings (SSSR count). The molecule has 9 heteroatoms. The van der Waals surface area contributed by atoms with Gasteiger partial charge < -0.3 is 40.3 Å². The Hall–Kier alpha value is -2.37. The quantitative estimate of drug-likeness (QED) is 0.0261. The fraction of sp³-hybridized carbons (Fsp3) is 0.835. The van der Waals surface area contributed by atoms with E-state index in [0.717, 1.165) is 70.6 Å². The number of aliphatic hydroxyl groups is 5. The van der Waals surface area contributed by atoms with Crippen LogP contribution in [0.2, 0.25) is 0 Å².